The molecule has 2 aliphatic heterocycles. The molecular weight excluding hydrogens is 396 g/mol. The summed E-state index contributed by atoms with van der Waals surface area (Å²) in [6.07, 6.45) is 6.25. The van der Waals surface area contributed by atoms with Crippen LogP contribution in [-0.4, -0.2) is 45.1 Å². The molecule has 0 aliphatic carbocycles. The smallest absolute Gasteiger partial charge is 0.253 e. The minimum Gasteiger partial charge on any atom is -0.339 e. The van der Waals surface area contributed by atoms with Gasteiger partial charge in [0.25, 0.3) is 5.91 Å². The average Bonchev–Trinajstić information content (AvgIpc) is 3.17. The molecule has 2 aliphatic rings. The summed E-state index contributed by atoms with van der Waals surface area (Å²) in [5.74, 6) is 0.728. The second kappa shape index (κ2) is 8.42. The van der Waals surface area contributed by atoms with Gasteiger partial charge in [-0.25, -0.2) is 8.42 Å². The summed E-state index contributed by atoms with van der Waals surface area (Å²) < 4.78 is 25.2. The number of nitrogens with zero attached hydrogens (tertiary/aromatic N) is 2. The molecule has 6 heteroatoms. The highest BCUT2D eigenvalue weighted by Crippen LogP contribution is 2.31. The molecule has 0 N–H and O–H groups in total. The van der Waals surface area contributed by atoms with Crippen molar-refractivity contribution in [2.75, 3.05) is 30.2 Å². The number of carbonyl (C=O) groups is 1. The fraction of sp³-hybridized carbons (Fsp3) is 0.458. The number of piperidine rings is 1. The van der Waals surface area contributed by atoms with Crippen LogP contribution >= 0.6 is 0 Å². The lowest BCUT2D eigenvalue weighted by Gasteiger charge is -2.32. The quantitative estimate of drug-likeness (QED) is 0.731. The molecule has 2 heterocycles. The first-order valence-corrected chi connectivity index (χ1v) is 12.6. The number of amides is 1. The lowest BCUT2D eigenvalue weighted by molar-refractivity contribution is 0.0687. The molecular formula is C24H30N2O3S. The van der Waals surface area contributed by atoms with Crippen molar-refractivity contribution < 1.29 is 13.2 Å². The summed E-state index contributed by atoms with van der Waals surface area (Å²) in [6, 6.07) is 14.2. The second-order valence-corrected chi connectivity index (χ2v) is 10.6. The third-order valence-electron chi connectivity index (χ3n) is 6.44. The van der Waals surface area contributed by atoms with Crippen LogP contribution in [0.25, 0.3) is 0 Å². The molecule has 1 fully saturated rings. The van der Waals surface area contributed by atoms with Gasteiger partial charge in [-0.3, -0.25) is 9.10 Å². The van der Waals surface area contributed by atoms with Crippen molar-refractivity contribution >= 4 is 21.6 Å². The van der Waals surface area contributed by atoms with Crippen molar-refractivity contribution in [3.05, 3.63) is 64.7 Å². The predicted octanol–water partition coefficient (Wildman–Crippen LogP) is 3.80. The topological polar surface area (TPSA) is 57.7 Å². The van der Waals surface area contributed by atoms with Gasteiger partial charge >= 0.3 is 0 Å². The van der Waals surface area contributed by atoms with Gasteiger partial charge in [0.1, 0.15) is 0 Å². The Kier molecular flexibility index (Phi) is 5.87. The molecule has 1 amide bonds. The lowest BCUT2D eigenvalue weighted by atomic mass is 9.90. The average molecular weight is 427 g/mol. The van der Waals surface area contributed by atoms with Gasteiger partial charge in [-0.15, -0.1) is 0 Å². The van der Waals surface area contributed by atoms with E-state index in [-0.39, 0.29) is 5.91 Å². The Bertz CT molecular complexity index is 1020. The van der Waals surface area contributed by atoms with E-state index in [0.29, 0.717) is 30.1 Å². The lowest BCUT2D eigenvalue weighted by Crippen LogP contribution is -2.38. The first kappa shape index (κ1) is 20.9. The monoisotopic (exact) mass is 426 g/mol. The van der Waals surface area contributed by atoms with Crippen LogP contribution in [0.2, 0.25) is 0 Å². The van der Waals surface area contributed by atoms with Gasteiger partial charge in [0.15, 0.2) is 0 Å². The fourth-order valence-electron chi connectivity index (χ4n) is 4.58. The van der Waals surface area contributed by atoms with Crippen LogP contribution in [0.1, 0.15) is 46.3 Å². The van der Waals surface area contributed by atoms with E-state index in [1.54, 1.807) is 12.1 Å². The SMILES string of the molecule is Cc1ccc(CCC2CCN(C(=O)c3ccc4c(c3)CCN4S(C)(=O)=O)CC2)cc1. The first-order chi connectivity index (χ1) is 14.3. The maximum atomic E-state index is 13.0. The Morgan fingerprint density at radius 2 is 1.73 bits per heavy atom. The van der Waals surface area contributed by atoms with Gasteiger partial charge in [0.2, 0.25) is 10.0 Å². The molecule has 0 saturated carbocycles. The number of sulfonamides is 1. The van der Waals surface area contributed by atoms with Gasteiger partial charge in [-0.1, -0.05) is 29.8 Å². The van der Waals surface area contributed by atoms with Gasteiger partial charge < -0.3 is 4.90 Å². The Balaban J connectivity index is 1.33. The van der Waals surface area contributed by atoms with E-state index < -0.39 is 10.0 Å². The molecule has 5 nitrogen and oxygen atoms in total. The molecule has 0 unspecified atom stereocenters. The molecule has 4 rings (SSSR count). The van der Waals surface area contributed by atoms with Crippen LogP contribution in [0.4, 0.5) is 5.69 Å². The van der Waals surface area contributed by atoms with Gasteiger partial charge in [-0.2, -0.15) is 0 Å². The third-order valence-corrected chi connectivity index (χ3v) is 7.62. The van der Waals surface area contributed by atoms with Gasteiger partial charge in [-0.05, 0) is 74.3 Å². The maximum absolute atomic E-state index is 13.0. The highest BCUT2D eigenvalue weighted by Gasteiger charge is 2.28. The summed E-state index contributed by atoms with van der Waals surface area (Å²) in [4.78, 5) is 14.9. The molecule has 160 valence electrons. The third kappa shape index (κ3) is 4.53. The van der Waals surface area contributed by atoms with Crippen molar-refractivity contribution in [2.45, 2.75) is 39.0 Å². The largest absolute Gasteiger partial charge is 0.339 e. The molecule has 0 aromatic heterocycles. The number of hydrogen-bond acceptors (Lipinski definition) is 3. The van der Waals surface area contributed by atoms with Crippen LogP contribution in [0.15, 0.2) is 42.5 Å². The second-order valence-electron chi connectivity index (χ2n) is 8.69. The van der Waals surface area contributed by atoms with Crippen LogP contribution in [0.3, 0.4) is 0 Å². The molecule has 0 radical (unpaired) electrons. The number of hydrogen-bond donors (Lipinski definition) is 0. The number of likely N-dealkylation sites (tertiary alicyclic amines) is 1. The predicted molar refractivity (Wildman–Crippen MR) is 120 cm³/mol. The van der Waals surface area contributed by atoms with Crippen LogP contribution in [0, 0.1) is 12.8 Å². The first-order valence-electron chi connectivity index (χ1n) is 10.8. The van der Waals surface area contributed by atoms with Gasteiger partial charge in [0, 0.05) is 25.2 Å². The fourth-order valence-corrected chi connectivity index (χ4v) is 5.54. The highest BCUT2D eigenvalue weighted by molar-refractivity contribution is 7.92. The van der Waals surface area contributed by atoms with Gasteiger partial charge in [0.05, 0.1) is 11.9 Å². The van der Waals surface area contributed by atoms with E-state index in [1.165, 1.54) is 28.1 Å². The summed E-state index contributed by atoms with van der Waals surface area (Å²) in [7, 11) is -3.27. The number of carbonyl (C=O) groups excluding carboxylic acids is 1. The molecule has 2 aromatic carbocycles. The Morgan fingerprint density at radius 3 is 2.40 bits per heavy atom. The minimum atomic E-state index is -3.27. The van der Waals surface area contributed by atoms with E-state index in [2.05, 4.69) is 31.2 Å². The zero-order valence-electron chi connectivity index (χ0n) is 17.8. The van der Waals surface area contributed by atoms with Crippen molar-refractivity contribution in [2.24, 2.45) is 5.92 Å². The van der Waals surface area contributed by atoms with E-state index in [1.807, 2.05) is 11.0 Å². The zero-order valence-corrected chi connectivity index (χ0v) is 18.6. The molecule has 1 saturated heterocycles. The Labute approximate surface area is 179 Å². The van der Waals surface area contributed by atoms with Crippen molar-refractivity contribution in [1.29, 1.82) is 0 Å². The number of rotatable bonds is 5. The standard InChI is InChI=1S/C24H30N2O3S/c1-18-3-5-19(6-4-18)7-8-20-11-14-25(15-12-20)24(27)22-9-10-23-21(17-22)13-16-26(23)30(2,28)29/h3-6,9-10,17,20H,7-8,11-16H2,1-2H3. The number of aryl methyl sites for hydroxylation is 2. The Hall–Kier alpha value is -2.34. The molecule has 0 atom stereocenters. The summed E-state index contributed by atoms with van der Waals surface area (Å²) in [6.45, 7) is 4.16. The van der Waals surface area contributed by atoms with Crippen molar-refractivity contribution in [1.82, 2.24) is 4.90 Å². The van der Waals surface area contributed by atoms with Crippen molar-refractivity contribution in [3.8, 4) is 0 Å². The number of fused-ring (bicyclic) bond motifs is 1. The van der Waals surface area contributed by atoms with E-state index in [0.717, 1.165) is 37.9 Å². The molecule has 0 spiro atoms. The van der Waals surface area contributed by atoms with E-state index in [9.17, 15) is 13.2 Å². The van der Waals surface area contributed by atoms with Crippen LogP contribution in [0.5, 0.6) is 0 Å². The van der Waals surface area contributed by atoms with Crippen LogP contribution in [-0.2, 0) is 22.9 Å². The number of benzene rings is 2. The summed E-state index contributed by atoms with van der Waals surface area (Å²) in [5.41, 5.74) is 5.01. The normalized spacial score (nSPS) is 17.3. The van der Waals surface area contributed by atoms with E-state index >= 15 is 0 Å². The van der Waals surface area contributed by atoms with Crippen molar-refractivity contribution in [3.63, 3.8) is 0 Å². The molecule has 0 bridgehead atoms. The molecule has 2 aromatic rings. The summed E-state index contributed by atoms with van der Waals surface area (Å²) in [5, 5.41) is 0. The number of anilines is 1. The highest BCUT2D eigenvalue weighted by atomic mass is 32.2. The molecule has 30 heavy (non-hydrogen) atoms. The maximum Gasteiger partial charge on any atom is 0.253 e. The minimum absolute atomic E-state index is 0.0626. The zero-order chi connectivity index (χ0) is 21.3. The van der Waals surface area contributed by atoms with Crippen LogP contribution < -0.4 is 4.31 Å². The Morgan fingerprint density at radius 1 is 1.03 bits per heavy atom. The van der Waals surface area contributed by atoms with E-state index in [4.69, 9.17) is 0 Å². The summed E-state index contributed by atoms with van der Waals surface area (Å²) >= 11 is 0.